The molecule has 0 spiro atoms. The molecule has 0 unspecified atom stereocenters. The zero-order chi connectivity index (χ0) is 19.0. The fourth-order valence-electron chi connectivity index (χ4n) is 4.34. The number of carbonyl (C=O) groups is 1. The summed E-state index contributed by atoms with van der Waals surface area (Å²) in [5, 5.41) is 0.181. The number of amides is 1. The molecular weight excluding hydrogens is 354 g/mol. The van der Waals surface area contributed by atoms with Crippen molar-refractivity contribution in [2.24, 2.45) is 17.6 Å². The molecule has 0 heterocycles. The molecule has 140 valence electrons. The van der Waals surface area contributed by atoms with E-state index in [9.17, 15) is 4.79 Å². The van der Waals surface area contributed by atoms with Crippen LogP contribution in [0.1, 0.15) is 29.5 Å². The summed E-state index contributed by atoms with van der Waals surface area (Å²) in [4.78, 5) is 13.4. The first-order valence-electron chi connectivity index (χ1n) is 9.47. The van der Waals surface area contributed by atoms with Crippen LogP contribution in [-0.2, 0) is 11.2 Å². The minimum absolute atomic E-state index is 0.121. The lowest BCUT2D eigenvalue weighted by Gasteiger charge is -2.40. The molecular formula is C23H25NO2S. The van der Waals surface area contributed by atoms with E-state index < -0.39 is 0 Å². The molecule has 27 heavy (non-hydrogen) atoms. The molecule has 2 aliphatic rings. The first-order chi connectivity index (χ1) is 13.1. The molecule has 0 aromatic heterocycles. The van der Waals surface area contributed by atoms with Crippen molar-refractivity contribution in [3.8, 4) is 5.75 Å². The maximum absolute atomic E-state index is 12.2. The predicted molar refractivity (Wildman–Crippen MR) is 111 cm³/mol. The average molecular weight is 380 g/mol. The lowest BCUT2D eigenvalue weighted by molar-refractivity contribution is -0.122. The van der Waals surface area contributed by atoms with E-state index in [1.165, 1.54) is 27.2 Å². The Morgan fingerprint density at radius 1 is 1.19 bits per heavy atom. The van der Waals surface area contributed by atoms with Gasteiger partial charge in [-0.2, -0.15) is 0 Å². The number of aryl methyl sites for hydroxylation is 2. The Balaban J connectivity index is 1.69. The summed E-state index contributed by atoms with van der Waals surface area (Å²) in [5.74, 6) is 0.952. The van der Waals surface area contributed by atoms with Crippen molar-refractivity contribution in [2.45, 2.75) is 36.3 Å². The molecule has 1 amide bonds. The fraction of sp³-hybridized carbons (Fsp3) is 0.348. The quantitative estimate of drug-likeness (QED) is 0.844. The second-order valence-corrected chi connectivity index (χ2v) is 8.72. The van der Waals surface area contributed by atoms with Crippen molar-refractivity contribution >= 4 is 23.2 Å². The van der Waals surface area contributed by atoms with Gasteiger partial charge in [0.2, 0.25) is 5.91 Å². The Bertz CT molecular complexity index is 888. The van der Waals surface area contributed by atoms with Gasteiger partial charge in [-0.05, 0) is 73.1 Å². The zero-order valence-corrected chi connectivity index (χ0v) is 16.6. The maximum atomic E-state index is 12.2. The lowest BCUT2D eigenvalue weighted by Crippen LogP contribution is -2.40. The summed E-state index contributed by atoms with van der Waals surface area (Å²) in [6.07, 6.45) is 5.01. The van der Waals surface area contributed by atoms with E-state index in [2.05, 4.69) is 49.4 Å². The molecule has 0 fully saturated rings. The van der Waals surface area contributed by atoms with Gasteiger partial charge in [-0.25, -0.2) is 0 Å². The third-order valence-electron chi connectivity index (χ3n) is 5.79. The van der Waals surface area contributed by atoms with Gasteiger partial charge < -0.3 is 10.5 Å². The molecule has 2 aliphatic carbocycles. The maximum Gasteiger partial charge on any atom is 0.221 e. The number of primary amides is 1. The molecule has 3 nitrogen and oxygen atoms in total. The predicted octanol–water partition coefficient (Wildman–Crippen LogP) is 4.62. The van der Waals surface area contributed by atoms with Crippen LogP contribution in [0.2, 0.25) is 0 Å². The van der Waals surface area contributed by atoms with Crippen molar-refractivity contribution in [3.63, 3.8) is 0 Å². The molecule has 3 atom stereocenters. The van der Waals surface area contributed by atoms with Crippen LogP contribution in [-0.4, -0.2) is 18.3 Å². The van der Waals surface area contributed by atoms with Crippen LogP contribution in [0.15, 0.2) is 53.4 Å². The van der Waals surface area contributed by atoms with Crippen molar-refractivity contribution < 1.29 is 9.53 Å². The van der Waals surface area contributed by atoms with Crippen LogP contribution >= 0.6 is 11.8 Å². The number of benzene rings is 2. The smallest absolute Gasteiger partial charge is 0.221 e. The van der Waals surface area contributed by atoms with E-state index in [0.29, 0.717) is 5.92 Å². The van der Waals surface area contributed by atoms with Gasteiger partial charge in [-0.3, -0.25) is 4.79 Å². The highest BCUT2D eigenvalue weighted by molar-refractivity contribution is 8.00. The number of ether oxygens (including phenoxy) is 1. The van der Waals surface area contributed by atoms with Crippen molar-refractivity contribution in [1.82, 2.24) is 0 Å². The lowest BCUT2D eigenvalue weighted by atomic mass is 9.71. The number of fused-ring (bicyclic) bond motifs is 3. The van der Waals surface area contributed by atoms with Crippen molar-refractivity contribution in [1.29, 1.82) is 0 Å². The van der Waals surface area contributed by atoms with E-state index in [0.717, 1.165) is 25.0 Å². The molecule has 2 aromatic carbocycles. The second kappa shape index (κ2) is 7.43. The number of thioether (sulfide) groups is 1. The molecule has 4 heteroatoms. The van der Waals surface area contributed by atoms with Crippen LogP contribution in [0, 0.1) is 18.8 Å². The van der Waals surface area contributed by atoms with Gasteiger partial charge in [-0.1, -0.05) is 29.8 Å². The zero-order valence-electron chi connectivity index (χ0n) is 15.8. The molecule has 0 bridgehead atoms. The summed E-state index contributed by atoms with van der Waals surface area (Å²) in [6, 6.07) is 14.9. The van der Waals surface area contributed by atoms with E-state index in [-0.39, 0.29) is 17.1 Å². The SMILES string of the molecule is COc1ccc2c(c1)CC[C@@H]1C2=CC[C@@H](C(N)=O)[C@H]1Sc1ccc(C)cc1. The number of methoxy groups -OCH3 is 1. The Kier molecular flexibility index (Phi) is 5.00. The largest absolute Gasteiger partial charge is 0.497 e. The normalized spacial score (nSPS) is 23.8. The third-order valence-corrected chi connectivity index (χ3v) is 7.26. The summed E-state index contributed by atoms with van der Waals surface area (Å²) in [6.45, 7) is 2.09. The fourth-order valence-corrected chi connectivity index (χ4v) is 5.80. The highest BCUT2D eigenvalue weighted by Crippen LogP contribution is 2.49. The molecule has 4 rings (SSSR count). The number of hydrogen-bond acceptors (Lipinski definition) is 3. The topological polar surface area (TPSA) is 52.3 Å². The Hall–Kier alpha value is -2.20. The van der Waals surface area contributed by atoms with Crippen molar-refractivity contribution in [2.75, 3.05) is 7.11 Å². The van der Waals surface area contributed by atoms with E-state index in [1.807, 2.05) is 17.8 Å². The van der Waals surface area contributed by atoms with E-state index in [4.69, 9.17) is 10.5 Å². The Labute approximate surface area is 165 Å². The summed E-state index contributed by atoms with van der Waals surface area (Å²) < 4.78 is 5.39. The average Bonchev–Trinajstić information content (AvgIpc) is 2.68. The number of rotatable bonds is 4. The number of carbonyl (C=O) groups excluding carboxylic acids is 1. The van der Waals surface area contributed by atoms with Gasteiger partial charge in [0.05, 0.1) is 13.0 Å². The van der Waals surface area contributed by atoms with Crippen LogP contribution in [0.5, 0.6) is 5.75 Å². The van der Waals surface area contributed by atoms with Gasteiger partial charge in [0.25, 0.3) is 0 Å². The Morgan fingerprint density at radius 3 is 2.67 bits per heavy atom. The number of allylic oxidation sites excluding steroid dienone is 2. The van der Waals surface area contributed by atoms with Gasteiger partial charge in [0, 0.05) is 10.1 Å². The highest BCUT2D eigenvalue weighted by Gasteiger charge is 2.40. The minimum Gasteiger partial charge on any atom is -0.497 e. The molecule has 2 N–H and O–H groups in total. The van der Waals surface area contributed by atoms with Crippen LogP contribution < -0.4 is 10.5 Å². The molecule has 0 saturated heterocycles. The summed E-state index contributed by atoms with van der Waals surface area (Å²) >= 11 is 1.81. The second-order valence-electron chi connectivity index (χ2n) is 7.47. The van der Waals surface area contributed by atoms with Gasteiger partial charge >= 0.3 is 0 Å². The summed E-state index contributed by atoms with van der Waals surface area (Å²) in [7, 11) is 1.71. The van der Waals surface area contributed by atoms with Gasteiger partial charge in [0.15, 0.2) is 0 Å². The molecule has 0 radical (unpaired) electrons. The summed E-state index contributed by atoms with van der Waals surface area (Å²) in [5.41, 5.74) is 11.1. The molecule has 2 aromatic rings. The first kappa shape index (κ1) is 18.2. The molecule has 0 saturated carbocycles. The Morgan fingerprint density at radius 2 is 1.96 bits per heavy atom. The minimum atomic E-state index is -0.185. The van der Waals surface area contributed by atoms with E-state index in [1.54, 1.807) is 7.11 Å². The van der Waals surface area contributed by atoms with Gasteiger partial charge in [0.1, 0.15) is 5.75 Å². The van der Waals surface area contributed by atoms with Gasteiger partial charge in [-0.15, -0.1) is 11.8 Å². The molecule has 0 aliphatic heterocycles. The van der Waals surface area contributed by atoms with Crippen LogP contribution in [0.4, 0.5) is 0 Å². The van der Waals surface area contributed by atoms with Crippen LogP contribution in [0.3, 0.4) is 0 Å². The standard InChI is InChI=1S/C23H25NO2S/c1-14-3-7-17(8-4-14)27-22-20-9-5-15-13-16(26-2)6-10-18(15)19(20)11-12-21(22)23(24)25/h3-4,6-8,10-11,13,20-22H,5,9,12H2,1-2H3,(H2,24,25)/t20-,21-,22+/m1/s1. The first-order valence-corrected chi connectivity index (χ1v) is 10.3. The van der Waals surface area contributed by atoms with Crippen LogP contribution in [0.25, 0.3) is 5.57 Å². The van der Waals surface area contributed by atoms with Crippen molar-refractivity contribution in [3.05, 3.63) is 65.2 Å². The third kappa shape index (κ3) is 3.51. The highest BCUT2D eigenvalue weighted by atomic mass is 32.2. The van der Waals surface area contributed by atoms with E-state index >= 15 is 0 Å². The number of hydrogen-bond donors (Lipinski definition) is 1. The monoisotopic (exact) mass is 379 g/mol. The number of nitrogens with two attached hydrogens (primary N) is 1.